The van der Waals surface area contributed by atoms with Crippen molar-refractivity contribution in [2.24, 2.45) is 0 Å². The van der Waals surface area contributed by atoms with Gasteiger partial charge in [0.15, 0.2) is 12.4 Å². The molecule has 6 N–H and O–H groups in total. The summed E-state index contributed by atoms with van der Waals surface area (Å²) in [6.07, 6.45) is 3.75. The SMILES string of the molecule is CCONCCSCCNC(=O)c1ccc[n+](CC(=O)Nc2c(C)ccc(S(=O)(=O)Nc3ccc(NNC=O)cc3)c2C)c1. The van der Waals surface area contributed by atoms with Crippen molar-refractivity contribution in [3.05, 3.63) is 77.6 Å². The van der Waals surface area contributed by atoms with Crippen molar-refractivity contribution in [3.8, 4) is 0 Å². The van der Waals surface area contributed by atoms with Crippen LogP contribution >= 0.6 is 11.8 Å². The van der Waals surface area contributed by atoms with E-state index in [1.807, 2.05) is 6.92 Å². The summed E-state index contributed by atoms with van der Waals surface area (Å²) >= 11 is 1.69. The summed E-state index contributed by atoms with van der Waals surface area (Å²) in [4.78, 5) is 41.1. The van der Waals surface area contributed by atoms with E-state index in [2.05, 4.69) is 31.7 Å². The molecule has 44 heavy (non-hydrogen) atoms. The van der Waals surface area contributed by atoms with Crippen molar-refractivity contribution < 1.29 is 32.2 Å². The summed E-state index contributed by atoms with van der Waals surface area (Å²) in [6.45, 7) is 7.05. The Bertz CT molecular complexity index is 1540. The number of pyridine rings is 1. The molecule has 0 spiro atoms. The monoisotopic (exact) mass is 644 g/mol. The van der Waals surface area contributed by atoms with Crippen LogP contribution in [0.1, 0.15) is 28.4 Å². The average Bonchev–Trinajstić information content (AvgIpc) is 3.00. The molecule has 15 heteroatoms. The number of amides is 3. The Balaban J connectivity index is 1.60. The van der Waals surface area contributed by atoms with E-state index < -0.39 is 10.0 Å². The molecule has 1 heterocycles. The zero-order chi connectivity index (χ0) is 32.0. The van der Waals surface area contributed by atoms with Crippen LogP contribution in [-0.2, 0) is 31.0 Å². The van der Waals surface area contributed by atoms with Gasteiger partial charge < -0.3 is 15.5 Å². The van der Waals surface area contributed by atoms with Crippen LogP contribution in [0.3, 0.4) is 0 Å². The van der Waals surface area contributed by atoms with Crippen molar-refractivity contribution in [2.45, 2.75) is 32.2 Å². The van der Waals surface area contributed by atoms with E-state index in [-0.39, 0.29) is 23.3 Å². The minimum Gasteiger partial charge on any atom is -0.351 e. The van der Waals surface area contributed by atoms with Gasteiger partial charge in [-0.3, -0.25) is 30.0 Å². The second kappa shape index (κ2) is 17.2. The number of hydrogen-bond donors (Lipinski definition) is 6. The summed E-state index contributed by atoms with van der Waals surface area (Å²) < 4.78 is 30.6. The number of nitrogens with zero attached hydrogens (tertiary/aromatic N) is 1. The van der Waals surface area contributed by atoms with Crippen LogP contribution < -0.4 is 36.3 Å². The van der Waals surface area contributed by atoms with Gasteiger partial charge in [-0.15, -0.1) is 0 Å². The van der Waals surface area contributed by atoms with E-state index in [9.17, 15) is 22.8 Å². The van der Waals surface area contributed by atoms with Crippen LogP contribution in [0, 0.1) is 13.8 Å². The molecule has 3 amide bonds. The summed E-state index contributed by atoms with van der Waals surface area (Å²) in [5.41, 5.74) is 10.6. The average molecular weight is 645 g/mol. The fourth-order valence-electron chi connectivity index (χ4n) is 4.08. The Labute approximate surface area is 261 Å². The summed E-state index contributed by atoms with van der Waals surface area (Å²) in [5, 5.41) is 5.71. The molecule has 0 fully saturated rings. The highest BCUT2D eigenvalue weighted by molar-refractivity contribution is 7.99. The van der Waals surface area contributed by atoms with Gasteiger partial charge in [-0.2, -0.15) is 16.3 Å². The van der Waals surface area contributed by atoms with Crippen LogP contribution in [0.25, 0.3) is 0 Å². The van der Waals surface area contributed by atoms with E-state index in [0.717, 1.165) is 18.1 Å². The maximum atomic E-state index is 13.2. The smallest absolute Gasteiger partial charge is 0.290 e. The van der Waals surface area contributed by atoms with Gasteiger partial charge in [-0.05, 0) is 68.3 Å². The number of hydroxylamine groups is 1. The molecule has 3 aromatic rings. The second-order valence-corrected chi connectivity index (χ2v) is 12.3. The van der Waals surface area contributed by atoms with Crippen LogP contribution in [0.5, 0.6) is 0 Å². The molecule has 0 bridgehead atoms. The Morgan fingerprint density at radius 2 is 1.73 bits per heavy atom. The molecular weight excluding hydrogens is 606 g/mol. The Kier molecular flexibility index (Phi) is 13.4. The quantitative estimate of drug-likeness (QED) is 0.0525. The lowest BCUT2D eigenvalue weighted by molar-refractivity contribution is -0.684. The molecule has 0 saturated carbocycles. The van der Waals surface area contributed by atoms with Gasteiger partial charge in [0.05, 0.1) is 17.2 Å². The van der Waals surface area contributed by atoms with E-state index >= 15 is 0 Å². The molecule has 0 saturated heterocycles. The minimum absolute atomic E-state index is 0.0123. The number of hydrazine groups is 1. The number of sulfonamides is 1. The van der Waals surface area contributed by atoms with E-state index in [1.54, 1.807) is 85.0 Å². The van der Waals surface area contributed by atoms with Gasteiger partial charge in [0.25, 0.3) is 21.8 Å². The molecular formula is C29H38N7O6S2+. The lowest BCUT2D eigenvalue weighted by Crippen LogP contribution is -2.41. The minimum atomic E-state index is -3.99. The first-order chi connectivity index (χ1) is 21.1. The normalized spacial score (nSPS) is 11.0. The Morgan fingerprint density at radius 1 is 1.00 bits per heavy atom. The van der Waals surface area contributed by atoms with Crippen molar-refractivity contribution in [3.63, 3.8) is 0 Å². The fraction of sp³-hybridized carbons (Fsp3) is 0.310. The molecule has 1 aromatic heterocycles. The Morgan fingerprint density at radius 3 is 2.45 bits per heavy atom. The van der Waals surface area contributed by atoms with Gasteiger partial charge in [0.2, 0.25) is 13.0 Å². The molecule has 3 rings (SSSR count). The third kappa shape index (κ3) is 10.5. The number of carbonyl (C=O) groups excluding carboxylic acids is 3. The highest BCUT2D eigenvalue weighted by Gasteiger charge is 2.22. The summed E-state index contributed by atoms with van der Waals surface area (Å²) in [5.74, 6) is 0.981. The molecule has 13 nitrogen and oxygen atoms in total. The first-order valence-corrected chi connectivity index (χ1v) is 16.5. The third-order valence-corrected chi connectivity index (χ3v) is 8.67. The zero-order valence-electron chi connectivity index (χ0n) is 24.8. The van der Waals surface area contributed by atoms with Gasteiger partial charge in [0.1, 0.15) is 5.56 Å². The van der Waals surface area contributed by atoms with Crippen LogP contribution in [0.4, 0.5) is 17.1 Å². The van der Waals surface area contributed by atoms with Crippen LogP contribution in [0.2, 0.25) is 0 Å². The molecule has 236 valence electrons. The van der Waals surface area contributed by atoms with Gasteiger partial charge in [-0.1, -0.05) is 6.07 Å². The molecule has 0 aliphatic carbocycles. The Hall–Kier alpha value is -4.18. The van der Waals surface area contributed by atoms with Crippen LogP contribution in [-0.4, -0.2) is 57.8 Å². The molecule has 0 aliphatic heterocycles. The van der Waals surface area contributed by atoms with Crippen molar-refractivity contribution in [1.29, 1.82) is 0 Å². The molecule has 0 radical (unpaired) electrons. The molecule has 0 atom stereocenters. The topological polar surface area (TPSA) is 171 Å². The van der Waals surface area contributed by atoms with Crippen LogP contribution in [0.15, 0.2) is 65.8 Å². The summed E-state index contributed by atoms with van der Waals surface area (Å²) in [6, 6.07) is 12.8. The third-order valence-electron chi connectivity index (χ3n) is 6.16. The number of aryl methyl sites for hydroxylation is 1. The standard InChI is InChI=1S/C29H37N7O6S2/c1-4-42-32-14-17-43-16-13-30-29(39)23-6-5-15-36(18-23)19-27(38)33-28-21(2)7-12-26(22(28)3)44(40,41)35-25-10-8-24(9-11-25)34-31-20-37/h5-12,15,18,20,32,34-35H,4,13-14,16-17,19H2,1-3H3,(H2-,30,31,33,37,38,39)/p+1. The van der Waals surface area contributed by atoms with E-state index in [0.29, 0.717) is 53.3 Å². The lowest BCUT2D eigenvalue weighted by atomic mass is 10.1. The molecule has 2 aromatic carbocycles. The maximum Gasteiger partial charge on any atom is 0.290 e. The number of aromatic nitrogens is 1. The first-order valence-electron chi connectivity index (χ1n) is 13.8. The van der Waals surface area contributed by atoms with E-state index in [4.69, 9.17) is 4.84 Å². The predicted octanol–water partition coefficient (Wildman–Crippen LogP) is 2.11. The second-order valence-electron chi connectivity index (χ2n) is 9.46. The van der Waals surface area contributed by atoms with Crippen molar-refractivity contribution >= 4 is 57.1 Å². The summed E-state index contributed by atoms with van der Waals surface area (Å²) in [7, 11) is -3.99. The number of thioether (sulfide) groups is 1. The van der Waals surface area contributed by atoms with Gasteiger partial charge in [0, 0.05) is 42.0 Å². The molecule has 0 unspecified atom stereocenters. The number of carbonyl (C=O) groups is 3. The first kappa shape index (κ1) is 34.3. The predicted molar refractivity (Wildman–Crippen MR) is 171 cm³/mol. The highest BCUT2D eigenvalue weighted by Crippen LogP contribution is 2.28. The highest BCUT2D eigenvalue weighted by atomic mass is 32.2. The number of nitrogens with one attached hydrogen (secondary N) is 6. The maximum absolute atomic E-state index is 13.2. The number of rotatable bonds is 18. The van der Waals surface area contributed by atoms with E-state index in [1.165, 1.54) is 6.07 Å². The molecule has 0 aliphatic rings. The largest absolute Gasteiger partial charge is 0.351 e. The van der Waals surface area contributed by atoms with Gasteiger partial charge in [-0.25, -0.2) is 13.9 Å². The number of anilines is 3. The fourth-order valence-corrected chi connectivity index (χ4v) is 6.07. The van der Waals surface area contributed by atoms with Crippen molar-refractivity contribution in [1.82, 2.24) is 16.2 Å². The zero-order valence-corrected chi connectivity index (χ0v) is 26.4. The number of benzene rings is 2. The number of hydrogen-bond acceptors (Lipinski definition) is 9. The lowest BCUT2D eigenvalue weighted by Gasteiger charge is -2.16. The van der Waals surface area contributed by atoms with Crippen molar-refractivity contribution in [2.75, 3.05) is 46.7 Å². The van der Waals surface area contributed by atoms with Gasteiger partial charge >= 0.3 is 0 Å².